The maximum absolute atomic E-state index is 12.9. The SMILES string of the molecule is Nc1nc2cc(C(=O)N3CCN(c4nsc5ccccc45)CC3)ccc2s1. The molecule has 4 aromatic rings. The Hall–Kier alpha value is -2.71. The molecule has 6 nitrogen and oxygen atoms in total. The summed E-state index contributed by atoms with van der Waals surface area (Å²) in [4.78, 5) is 21.4. The van der Waals surface area contributed by atoms with Gasteiger partial charge in [0.15, 0.2) is 5.13 Å². The average molecular weight is 396 g/mol. The van der Waals surface area contributed by atoms with E-state index in [0.717, 1.165) is 29.1 Å². The molecular formula is C19H17N5OS2. The van der Waals surface area contributed by atoms with Crippen molar-refractivity contribution in [2.75, 3.05) is 36.8 Å². The molecule has 0 spiro atoms. The van der Waals surface area contributed by atoms with Crippen LogP contribution in [-0.2, 0) is 0 Å². The number of fused-ring (bicyclic) bond motifs is 2. The highest BCUT2D eigenvalue weighted by Gasteiger charge is 2.24. The molecule has 136 valence electrons. The van der Waals surface area contributed by atoms with E-state index in [4.69, 9.17) is 5.73 Å². The molecule has 0 unspecified atom stereocenters. The lowest BCUT2D eigenvalue weighted by Crippen LogP contribution is -2.49. The van der Waals surface area contributed by atoms with Crippen LogP contribution in [-0.4, -0.2) is 46.3 Å². The van der Waals surface area contributed by atoms with E-state index >= 15 is 0 Å². The van der Waals surface area contributed by atoms with Crippen LogP contribution in [0.4, 0.5) is 10.9 Å². The predicted octanol–water partition coefficient (Wildman–Crippen LogP) is 3.45. The minimum Gasteiger partial charge on any atom is -0.375 e. The summed E-state index contributed by atoms with van der Waals surface area (Å²) in [5.74, 6) is 1.08. The van der Waals surface area contributed by atoms with Gasteiger partial charge in [-0.3, -0.25) is 4.79 Å². The zero-order valence-electron chi connectivity index (χ0n) is 14.5. The van der Waals surface area contributed by atoms with Crippen molar-refractivity contribution in [2.24, 2.45) is 0 Å². The monoisotopic (exact) mass is 395 g/mol. The number of piperazine rings is 1. The van der Waals surface area contributed by atoms with Crippen molar-refractivity contribution < 1.29 is 4.79 Å². The first-order valence-corrected chi connectivity index (χ1v) is 10.3. The van der Waals surface area contributed by atoms with Gasteiger partial charge in [0, 0.05) is 37.1 Å². The molecule has 1 aliphatic rings. The topological polar surface area (TPSA) is 75.3 Å². The van der Waals surface area contributed by atoms with Gasteiger partial charge < -0.3 is 15.5 Å². The van der Waals surface area contributed by atoms with Crippen molar-refractivity contribution in [1.29, 1.82) is 0 Å². The van der Waals surface area contributed by atoms with Crippen LogP contribution in [0.2, 0.25) is 0 Å². The minimum atomic E-state index is 0.0475. The number of aromatic nitrogens is 2. The Bertz CT molecular complexity index is 1140. The summed E-state index contributed by atoms with van der Waals surface area (Å²) >= 11 is 2.96. The number of hydrogen-bond acceptors (Lipinski definition) is 7. The molecule has 0 radical (unpaired) electrons. The van der Waals surface area contributed by atoms with Crippen LogP contribution in [0, 0.1) is 0 Å². The number of carbonyl (C=O) groups excluding carboxylic acids is 1. The zero-order valence-corrected chi connectivity index (χ0v) is 16.1. The number of amides is 1. The largest absolute Gasteiger partial charge is 0.375 e. The fraction of sp³-hybridized carbons (Fsp3) is 0.211. The highest BCUT2D eigenvalue weighted by Crippen LogP contribution is 2.30. The maximum atomic E-state index is 12.9. The normalized spacial score (nSPS) is 15.0. The van der Waals surface area contributed by atoms with Gasteiger partial charge in [-0.25, -0.2) is 4.98 Å². The minimum absolute atomic E-state index is 0.0475. The van der Waals surface area contributed by atoms with E-state index in [1.54, 1.807) is 0 Å². The van der Waals surface area contributed by atoms with Crippen molar-refractivity contribution >= 4 is 60.0 Å². The number of rotatable bonds is 2. The van der Waals surface area contributed by atoms with Crippen molar-refractivity contribution in [3.63, 3.8) is 0 Å². The number of nitrogens with zero attached hydrogens (tertiary/aromatic N) is 4. The molecule has 0 aliphatic carbocycles. The molecule has 8 heteroatoms. The number of thiazole rings is 1. The van der Waals surface area contributed by atoms with Crippen LogP contribution in [0.25, 0.3) is 20.3 Å². The second-order valence-electron chi connectivity index (χ2n) is 6.52. The molecule has 2 aromatic carbocycles. The fourth-order valence-corrected chi connectivity index (χ4v) is 4.99. The van der Waals surface area contributed by atoms with Gasteiger partial charge in [-0.15, -0.1) is 0 Å². The molecule has 27 heavy (non-hydrogen) atoms. The number of nitrogens with two attached hydrogens (primary N) is 1. The maximum Gasteiger partial charge on any atom is 0.254 e. The van der Waals surface area contributed by atoms with E-state index in [-0.39, 0.29) is 5.91 Å². The van der Waals surface area contributed by atoms with Crippen LogP contribution in [0.15, 0.2) is 42.5 Å². The third kappa shape index (κ3) is 2.90. The van der Waals surface area contributed by atoms with Gasteiger partial charge in [0.2, 0.25) is 0 Å². The van der Waals surface area contributed by atoms with Crippen molar-refractivity contribution in [2.45, 2.75) is 0 Å². The van der Waals surface area contributed by atoms with Crippen molar-refractivity contribution in [3.8, 4) is 0 Å². The molecular weight excluding hydrogens is 378 g/mol. The lowest BCUT2D eigenvalue weighted by Gasteiger charge is -2.35. The quantitative estimate of drug-likeness (QED) is 0.563. The van der Waals surface area contributed by atoms with E-state index in [2.05, 4.69) is 26.4 Å². The lowest BCUT2D eigenvalue weighted by molar-refractivity contribution is 0.0747. The Morgan fingerprint density at radius 2 is 1.85 bits per heavy atom. The van der Waals surface area contributed by atoms with Crippen molar-refractivity contribution in [1.82, 2.24) is 14.3 Å². The summed E-state index contributed by atoms with van der Waals surface area (Å²) < 4.78 is 6.83. The van der Waals surface area contributed by atoms with Gasteiger partial charge in [0.05, 0.1) is 14.9 Å². The highest BCUT2D eigenvalue weighted by molar-refractivity contribution is 7.22. The first-order chi connectivity index (χ1) is 13.2. The summed E-state index contributed by atoms with van der Waals surface area (Å²) in [5.41, 5.74) is 7.22. The smallest absolute Gasteiger partial charge is 0.254 e. The Kier molecular flexibility index (Phi) is 3.95. The van der Waals surface area contributed by atoms with E-state index in [0.29, 0.717) is 23.8 Å². The zero-order chi connectivity index (χ0) is 18.4. The summed E-state index contributed by atoms with van der Waals surface area (Å²) in [7, 11) is 0. The first-order valence-electron chi connectivity index (χ1n) is 8.74. The van der Waals surface area contributed by atoms with Crippen LogP contribution < -0.4 is 10.6 Å². The van der Waals surface area contributed by atoms with Crippen LogP contribution in [0.5, 0.6) is 0 Å². The van der Waals surface area contributed by atoms with Gasteiger partial charge in [0.1, 0.15) is 5.82 Å². The number of anilines is 2. The van der Waals surface area contributed by atoms with Crippen LogP contribution >= 0.6 is 22.9 Å². The second-order valence-corrected chi connectivity index (χ2v) is 8.38. The number of hydrogen-bond donors (Lipinski definition) is 1. The molecule has 0 saturated carbocycles. The Morgan fingerprint density at radius 1 is 1.04 bits per heavy atom. The Balaban J connectivity index is 1.32. The standard InChI is InChI=1S/C19H17N5OS2/c20-19-21-14-11-12(5-6-16(14)26-19)18(25)24-9-7-23(8-10-24)17-13-3-1-2-4-15(13)27-22-17/h1-6,11H,7-10H2,(H2,20,21). The average Bonchev–Trinajstić information content (AvgIpc) is 3.29. The van der Waals surface area contributed by atoms with Crippen LogP contribution in [0.1, 0.15) is 10.4 Å². The van der Waals surface area contributed by atoms with E-state index in [9.17, 15) is 4.79 Å². The molecule has 0 bridgehead atoms. The third-order valence-corrected chi connectivity index (χ3v) is 6.56. The van der Waals surface area contributed by atoms with E-state index in [1.807, 2.05) is 35.2 Å². The van der Waals surface area contributed by atoms with Gasteiger partial charge in [0.25, 0.3) is 5.91 Å². The summed E-state index contributed by atoms with van der Waals surface area (Å²) in [6, 6.07) is 13.9. The van der Waals surface area contributed by atoms with E-state index < -0.39 is 0 Å². The number of benzene rings is 2. The first kappa shape index (κ1) is 16.5. The molecule has 1 amide bonds. The van der Waals surface area contributed by atoms with Crippen LogP contribution in [0.3, 0.4) is 0 Å². The molecule has 1 aliphatic heterocycles. The molecule has 3 heterocycles. The highest BCUT2D eigenvalue weighted by atomic mass is 32.1. The van der Waals surface area contributed by atoms with Gasteiger partial charge >= 0.3 is 0 Å². The number of nitrogen functional groups attached to an aromatic ring is 1. The van der Waals surface area contributed by atoms with Gasteiger partial charge in [-0.05, 0) is 41.9 Å². The summed E-state index contributed by atoms with van der Waals surface area (Å²) in [6.45, 7) is 2.93. The molecule has 5 rings (SSSR count). The van der Waals surface area contributed by atoms with Crippen molar-refractivity contribution in [3.05, 3.63) is 48.0 Å². The van der Waals surface area contributed by atoms with Gasteiger partial charge in [-0.2, -0.15) is 4.37 Å². The number of carbonyl (C=O) groups is 1. The van der Waals surface area contributed by atoms with E-state index in [1.165, 1.54) is 33.0 Å². The summed E-state index contributed by atoms with van der Waals surface area (Å²) in [6.07, 6.45) is 0. The Labute approximate surface area is 164 Å². The molecule has 1 fully saturated rings. The molecule has 2 N–H and O–H groups in total. The molecule has 2 aromatic heterocycles. The fourth-order valence-electron chi connectivity index (χ4n) is 3.48. The molecule has 1 saturated heterocycles. The second kappa shape index (κ2) is 6.47. The third-order valence-electron chi connectivity index (χ3n) is 4.88. The van der Waals surface area contributed by atoms with Gasteiger partial charge in [-0.1, -0.05) is 23.5 Å². The molecule has 0 atom stereocenters. The lowest BCUT2D eigenvalue weighted by atomic mass is 10.1. The summed E-state index contributed by atoms with van der Waals surface area (Å²) in [5, 5.41) is 1.72. The Morgan fingerprint density at radius 3 is 2.70 bits per heavy atom. The predicted molar refractivity (Wildman–Crippen MR) is 112 cm³/mol.